The molecule has 0 saturated carbocycles. The number of aldehydes is 1. The van der Waals surface area contributed by atoms with E-state index in [-0.39, 0.29) is 12.2 Å². The summed E-state index contributed by atoms with van der Waals surface area (Å²) in [6.45, 7) is 0.000143. The Morgan fingerprint density at radius 3 is 3.06 bits per heavy atom. The Bertz CT molecular complexity index is 477. The molecule has 0 aliphatic heterocycles. The van der Waals surface area contributed by atoms with Gasteiger partial charge in [-0.2, -0.15) is 0 Å². The maximum absolute atomic E-state index is 10.6. The smallest absolute Gasteiger partial charge is 0.405 e. The highest BCUT2D eigenvalue weighted by Crippen LogP contribution is 2.11. The molecule has 1 aromatic heterocycles. The Morgan fingerprint density at radius 2 is 2.44 bits per heavy atom. The van der Waals surface area contributed by atoms with Crippen molar-refractivity contribution >= 4 is 28.3 Å². The number of amides is 1. The molecule has 0 atom stereocenters. The monoisotopic (exact) mass is 282 g/mol. The summed E-state index contributed by atoms with van der Waals surface area (Å²) in [6, 6.07) is 1.64. The molecule has 6 heteroatoms. The van der Waals surface area contributed by atoms with Gasteiger partial charge < -0.3 is 10.4 Å². The van der Waals surface area contributed by atoms with E-state index in [1.807, 2.05) is 0 Å². The van der Waals surface area contributed by atoms with Gasteiger partial charge in [-0.3, -0.25) is 9.78 Å². The molecule has 0 aliphatic carbocycles. The summed E-state index contributed by atoms with van der Waals surface area (Å²) in [7, 11) is 0. The van der Waals surface area contributed by atoms with Crippen LogP contribution in [0.5, 0.6) is 0 Å². The number of nitrogens with one attached hydrogen (secondary N) is 1. The summed E-state index contributed by atoms with van der Waals surface area (Å²) in [4.78, 5) is 24.6. The number of hydrogen-bond donors (Lipinski definition) is 2. The molecule has 16 heavy (non-hydrogen) atoms. The zero-order valence-corrected chi connectivity index (χ0v) is 9.61. The molecule has 82 valence electrons. The van der Waals surface area contributed by atoms with Crippen LogP contribution in [0.15, 0.2) is 16.7 Å². The average molecular weight is 283 g/mol. The van der Waals surface area contributed by atoms with Crippen LogP contribution in [-0.4, -0.2) is 29.0 Å². The number of nitrogens with zero attached hydrogens (tertiary/aromatic N) is 1. The maximum atomic E-state index is 10.6. The molecule has 1 amide bonds. The van der Waals surface area contributed by atoms with Crippen molar-refractivity contribution in [2.24, 2.45) is 0 Å². The topological polar surface area (TPSA) is 79.3 Å². The lowest BCUT2D eigenvalue weighted by Crippen LogP contribution is -2.20. The fourth-order valence-electron chi connectivity index (χ4n) is 0.903. The van der Waals surface area contributed by atoms with Gasteiger partial charge in [-0.05, 0) is 22.0 Å². The fourth-order valence-corrected chi connectivity index (χ4v) is 1.23. The van der Waals surface area contributed by atoms with Crippen LogP contribution in [0, 0.1) is 11.8 Å². The Morgan fingerprint density at radius 1 is 1.69 bits per heavy atom. The zero-order chi connectivity index (χ0) is 12.0. The van der Waals surface area contributed by atoms with E-state index in [2.05, 4.69) is 38.1 Å². The van der Waals surface area contributed by atoms with E-state index in [0.717, 1.165) is 0 Å². The second-order valence-electron chi connectivity index (χ2n) is 2.66. The summed E-state index contributed by atoms with van der Waals surface area (Å²) in [6.07, 6.45) is 0.947. The average Bonchev–Trinajstić information content (AvgIpc) is 2.24. The first-order valence-corrected chi connectivity index (χ1v) is 4.99. The van der Waals surface area contributed by atoms with Crippen LogP contribution in [0.2, 0.25) is 0 Å². The van der Waals surface area contributed by atoms with Gasteiger partial charge in [0.2, 0.25) is 0 Å². The predicted octanol–water partition coefficient (Wildman–Crippen LogP) is 1.28. The molecule has 0 spiro atoms. The number of carbonyl (C=O) groups is 2. The normalized spacial score (nSPS) is 8.81. The number of rotatable bonds is 2. The predicted molar refractivity (Wildman–Crippen MR) is 60.2 cm³/mol. The molecule has 5 nitrogen and oxygen atoms in total. The number of carboxylic acid groups (broad SMARTS) is 1. The van der Waals surface area contributed by atoms with Gasteiger partial charge in [-0.1, -0.05) is 11.8 Å². The van der Waals surface area contributed by atoms with Crippen LogP contribution in [0.25, 0.3) is 0 Å². The minimum atomic E-state index is -1.14. The zero-order valence-electron chi connectivity index (χ0n) is 8.03. The molecular formula is C10H7BrN2O3. The maximum Gasteiger partial charge on any atom is 0.405 e. The van der Waals surface area contributed by atoms with Crippen LogP contribution in [0.3, 0.4) is 0 Å². The quantitative estimate of drug-likeness (QED) is 0.633. The van der Waals surface area contributed by atoms with E-state index in [0.29, 0.717) is 16.3 Å². The van der Waals surface area contributed by atoms with Gasteiger partial charge in [0.05, 0.1) is 12.1 Å². The summed E-state index contributed by atoms with van der Waals surface area (Å²) >= 11 is 3.20. The highest BCUT2D eigenvalue weighted by atomic mass is 79.9. The van der Waals surface area contributed by atoms with E-state index in [4.69, 9.17) is 5.11 Å². The molecule has 1 aromatic rings. The van der Waals surface area contributed by atoms with E-state index in [9.17, 15) is 9.59 Å². The summed E-state index contributed by atoms with van der Waals surface area (Å²) < 4.78 is 0.702. The van der Waals surface area contributed by atoms with Crippen molar-refractivity contribution in [1.82, 2.24) is 10.3 Å². The van der Waals surface area contributed by atoms with Crippen molar-refractivity contribution in [3.05, 3.63) is 28.0 Å². The van der Waals surface area contributed by atoms with Crippen LogP contribution in [0.1, 0.15) is 16.1 Å². The minimum Gasteiger partial charge on any atom is -0.465 e. The van der Waals surface area contributed by atoms with Gasteiger partial charge in [-0.25, -0.2) is 4.79 Å². The van der Waals surface area contributed by atoms with Crippen molar-refractivity contribution in [3.8, 4) is 11.8 Å². The van der Waals surface area contributed by atoms with Crippen molar-refractivity contribution in [2.45, 2.75) is 0 Å². The van der Waals surface area contributed by atoms with Crippen LogP contribution in [0.4, 0.5) is 4.79 Å². The molecule has 1 heterocycles. The standard InChI is InChI=1S/C10H7BrN2O3/c11-8-4-7(9(6-14)13-5-8)2-1-3-12-10(15)16/h4-6,12H,3H2,(H,15,16). The molecule has 0 fully saturated rings. The Balaban J connectivity index is 2.82. The Hall–Kier alpha value is -1.87. The van der Waals surface area contributed by atoms with Gasteiger partial charge in [0.1, 0.15) is 5.69 Å². The molecule has 0 radical (unpaired) electrons. The fraction of sp³-hybridized carbons (Fsp3) is 0.100. The summed E-state index contributed by atoms with van der Waals surface area (Å²) in [5, 5.41) is 10.4. The minimum absolute atomic E-state index is 0.000143. The van der Waals surface area contributed by atoms with E-state index in [1.165, 1.54) is 6.20 Å². The van der Waals surface area contributed by atoms with Crippen molar-refractivity contribution in [2.75, 3.05) is 6.54 Å². The van der Waals surface area contributed by atoms with Crippen LogP contribution in [-0.2, 0) is 0 Å². The second kappa shape index (κ2) is 5.88. The van der Waals surface area contributed by atoms with Gasteiger partial charge in [0.25, 0.3) is 0 Å². The van der Waals surface area contributed by atoms with E-state index >= 15 is 0 Å². The molecule has 0 saturated heterocycles. The van der Waals surface area contributed by atoms with Crippen molar-refractivity contribution in [3.63, 3.8) is 0 Å². The second-order valence-corrected chi connectivity index (χ2v) is 3.58. The van der Waals surface area contributed by atoms with Gasteiger partial charge >= 0.3 is 6.09 Å². The SMILES string of the molecule is O=Cc1ncc(Br)cc1C#CCNC(=O)O. The van der Waals surface area contributed by atoms with Crippen LogP contribution >= 0.6 is 15.9 Å². The number of hydrogen-bond acceptors (Lipinski definition) is 3. The molecule has 0 unspecified atom stereocenters. The highest BCUT2D eigenvalue weighted by molar-refractivity contribution is 9.10. The first-order chi connectivity index (χ1) is 7.63. The number of pyridine rings is 1. The lowest BCUT2D eigenvalue weighted by atomic mass is 10.2. The van der Waals surface area contributed by atoms with Gasteiger partial charge in [0.15, 0.2) is 6.29 Å². The van der Waals surface area contributed by atoms with Gasteiger partial charge in [0, 0.05) is 10.7 Å². The first kappa shape index (κ1) is 12.2. The molecular weight excluding hydrogens is 276 g/mol. The molecule has 0 aromatic carbocycles. The third-order valence-electron chi connectivity index (χ3n) is 1.55. The number of carbonyl (C=O) groups excluding carboxylic acids is 1. The summed E-state index contributed by atoms with van der Waals surface area (Å²) in [5.74, 6) is 5.23. The van der Waals surface area contributed by atoms with Crippen molar-refractivity contribution < 1.29 is 14.7 Å². The highest BCUT2D eigenvalue weighted by Gasteiger charge is 2.00. The van der Waals surface area contributed by atoms with E-state index in [1.54, 1.807) is 6.07 Å². The largest absolute Gasteiger partial charge is 0.465 e. The lowest BCUT2D eigenvalue weighted by molar-refractivity contribution is 0.111. The third-order valence-corrected chi connectivity index (χ3v) is 1.98. The number of aromatic nitrogens is 1. The van der Waals surface area contributed by atoms with Crippen LogP contribution < -0.4 is 5.32 Å². The molecule has 0 bridgehead atoms. The number of halogens is 1. The third kappa shape index (κ3) is 3.71. The molecule has 1 rings (SSSR count). The van der Waals surface area contributed by atoms with Crippen molar-refractivity contribution in [1.29, 1.82) is 0 Å². The molecule has 0 aliphatic rings. The lowest BCUT2D eigenvalue weighted by Gasteiger charge is -1.96. The van der Waals surface area contributed by atoms with Gasteiger partial charge in [-0.15, -0.1) is 0 Å². The molecule has 2 N–H and O–H groups in total. The van der Waals surface area contributed by atoms with E-state index < -0.39 is 6.09 Å². The Labute approximate surface area is 100 Å². The Kier molecular flexibility index (Phi) is 4.48. The summed E-state index contributed by atoms with van der Waals surface area (Å²) in [5.41, 5.74) is 0.683. The first-order valence-electron chi connectivity index (χ1n) is 4.20.